The lowest BCUT2D eigenvalue weighted by atomic mass is 10.1. The first-order valence-corrected chi connectivity index (χ1v) is 6.50. The number of nitrogens with one attached hydrogen (secondary N) is 1. The van der Waals surface area contributed by atoms with Gasteiger partial charge in [0.1, 0.15) is 11.6 Å². The van der Waals surface area contributed by atoms with E-state index < -0.39 is 5.97 Å². The number of carbonyl (C=O) groups is 1. The SMILES string of the molecule is COC(=O)c1cncc(NCCc2ccccc2OC)n1. The summed E-state index contributed by atoms with van der Waals surface area (Å²) in [6, 6.07) is 7.83. The van der Waals surface area contributed by atoms with Crippen molar-refractivity contribution in [3.63, 3.8) is 0 Å². The van der Waals surface area contributed by atoms with Crippen LogP contribution in [0.3, 0.4) is 0 Å². The number of anilines is 1. The van der Waals surface area contributed by atoms with Gasteiger partial charge in [0.25, 0.3) is 0 Å². The van der Waals surface area contributed by atoms with E-state index in [0.29, 0.717) is 12.4 Å². The summed E-state index contributed by atoms with van der Waals surface area (Å²) in [4.78, 5) is 19.5. The molecular formula is C15H17N3O3. The van der Waals surface area contributed by atoms with Crippen LogP contribution in [0.2, 0.25) is 0 Å². The van der Waals surface area contributed by atoms with Crippen LogP contribution in [0.4, 0.5) is 5.82 Å². The zero-order valence-corrected chi connectivity index (χ0v) is 12.0. The number of benzene rings is 1. The molecule has 0 atom stereocenters. The Bertz CT molecular complexity index is 617. The highest BCUT2D eigenvalue weighted by Gasteiger charge is 2.08. The highest BCUT2D eigenvalue weighted by atomic mass is 16.5. The summed E-state index contributed by atoms with van der Waals surface area (Å²) < 4.78 is 9.91. The normalized spacial score (nSPS) is 10.0. The number of methoxy groups -OCH3 is 2. The summed E-state index contributed by atoms with van der Waals surface area (Å²) in [5.41, 5.74) is 1.28. The van der Waals surface area contributed by atoms with Gasteiger partial charge in [-0.3, -0.25) is 4.98 Å². The first-order valence-electron chi connectivity index (χ1n) is 6.50. The molecule has 1 aromatic carbocycles. The first kappa shape index (κ1) is 14.8. The molecule has 21 heavy (non-hydrogen) atoms. The molecule has 0 aliphatic heterocycles. The molecule has 1 aromatic heterocycles. The van der Waals surface area contributed by atoms with Gasteiger partial charge in [-0.25, -0.2) is 9.78 Å². The molecule has 2 aromatic rings. The number of carbonyl (C=O) groups excluding carboxylic acids is 1. The minimum Gasteiger partial charge on any atom is -0.496 e. The largest absolute Gasteiger partial charge is 0.496 e. The number of para-hydroxylation sites is 1. The van der Waals surface area contributed by atoms with Gasteiger partial charge in [0, 0.05) is 6.54 Å². The van der Waals surface area contributed by atoms with Crippen molar-refractivity contribution in [3.8, 4) is 5.75 Å². The first-order chi connectivity index (χ1) is 10.2. The van der Waals surface area contributed by atoms with Crippen molar-refractivity contribution in [2.24, 2.45) is 0 Å². The number of hydrogen-bond donors (Lipinski definition) is 1. The van der Waals surface area contributed by atoms with E-state index in [1.807, 2.05) is 24.3 Å². The lowest BCUT2D eigenvalue weighted by molar-refractivity contribution is 0.0593. The van der Waals surface area contributed by atoms with Crippen molar-refractivity contribution >= 4 is 11.8 Å². The van der Waals surface area contributed by atoms with Crippen LogP contribution in [-0.2, 0) is 11.2 Å². The van der Waals surface area contributed by atoms with Gasteiger partial charge in [0.15, 0.2) is 5.69 Å². The molecule has 0 amide bonds. The van der Waals surface area contributed by atoms with Gasteiger partial charge < -0.3 is 14.8 Å². The highest BCUT2D eigenvalue weighted by Crippen LogP contribution is 2.17. The molecule has 0 saturated heterocycles. The van der Waals surface area contributed by atoms with E-state index in [2.05, 4.69) is 20.0 Å². The molecule has 6 nitrogen and oxygen atoms in total. The summed E-state index contributed by atoms with van der Waals surface area (Å²) >= 11 is 0. The fraction of sp³-hybridized carbons (Fsp3) is 0.267. The Labute approximate surface area is 123 Å². The topological polar surface area (TPSA) is 73.3 Å². The molecule has 0 radical (unpaired) electrons. The van der Waals surface area contributed by atoms with Crippen molar-refractivity contribution in [1.82, 2.24) is 9.97 Å². The summed E-state index contributed by atoms with van der Waals surface area (Å²) in [7, 11) is 2.96. The molecule has 0 unspecified atom stereocenters. The fourth-order valence-corrected chi connectivity index (χ4v) is 1.89. The van der Waals surface area contributed by atoms with Gasteiger partial charge >= 0.3 is 5.97 Å². The van der Waals surface area contributed by atoms with Gasteiger partial charge in [0.2, 0.25) is 0 Å². The molecule has 0 bridgehead atoms. The molecule has 6 heteroatoms. The van der Waals surface area contributed by atoms with Crippen LogP contribution in [0.15, 0.2) is 36.7 Å². The number of esters is 1. The Morgan fingerprint density at radius 2 is 2.05 bits per heavy atom. The van der Waals surface area contributed by atoms with Crippen LogP contribution in [0.5, 0.6) is 5.75 Å². The number of rotatable bonds is 6. The van der Waals surface area contributed by atoms with Crippen LogP contribution < -0.4 is 10.1 Å². The summed E-state index contributed by atoms with van der Waals surface area (Å²) in [6.45, 7) is 0.652. The Balaban J connectivity index is 1.96. The third kappa shape index (κ3) is 3.92. The van der Waals surface area contributed by atoms with Crippen molar-refractivity contribution in [1.29, 1.82) is 0 Å². The van der Waals surface area contributed by atoms with Crippen LogP contribution >= 0.6 is 0 Å². The Morgan fingerprint density at radius 1 is 1.24 bits per heavy atom. The molecule has 2 rings (SSSR count). The Kier molecular flexibility index (Phi) is 5.09. The second kappa shape index (κ2) is 7.23. The Hall–Kier alpha value is -2.63. The molecule has 110 valence electrons. The number of hydrogen-bond acceptors (Lipinski definition) is 6. The van der Waals surface area contributed by atoms with Crippen LogP contribution in [0.1, 0.15) is 16.1 Å². The van der Waals surface area contributed by atoms with Crippen LogP contribution in [0, 0.1) is 0 Å². The lowest BCUT2D eigenvalue weighted by Crippen LogP contribution is -2.11. The Morgan fingerprint density at radius 3 is 2.81 bits per heavy atom. The van der Waals surface area contributed by atoms with Crippen molar-refractivity contribution in [3.05, 3.63) is 47.9 Å². The highest BCUT2D eigenvalue weighted by molar-refractivity contribution is 5.87. The molecule has 0 aliphatic carbocycles. The van der Waals surface area contributed by atoms with Crippen LogP contribution in [0.25, 0.3) is 0 Å². The summed E-state index contributed by atoms with van der Waals surface area (Å²) in [5.74, 6) is 0.886. The van der Waals surface area contributed by atoms with E-state index in [0.717, 1.165) is 17.7 Å². The van der Waals surface area contributed by atoms with Crippen molar-refractivity contribution in [2.45, 2.75) is 6.42 Å². The summed E-state index contributed by atoms with van der Waals surface area (Å²) in [6.07, 6.45) is 3.71. The van der Waals surface area contributed by atoms with E-state index >= 15 is 0 Å². The molecule has 0 aliphatic rings. The zero-order chi connectivity index (χ0) is 15.1. The molecule has 0 fully saturated rings. The predicted octanol–water partition coefficient (Wildman–Crippen LogP) is 1.93. The lowest BCUT2D eigenvalue weighted by Gasteiger charge is -2.09. The minimum absolute atomic E-state index is 0.180. The minimum atomic E-state index is -0.504. The average Bonchev–Trinajstić information content (AvgIpc) is 2.55. The van der Waals surface area contributed by atoms with Crippen molar-refractivity contribution < 1.29 is 14.3 Å². The maximum Gasteiger partial charge on any atom is 0.358 e. The number of aromatic nitrogens is 2. The smallest absolute Gasteiger partial charge is 0.358 e. The summed E-state index contributed by atoms with van der Waals surface area (Å²) in [5, 5.41) is 3.13. The van der Waals surface area contributed by atoms with Gasteiger partial charge in [0.05, 0.1) is 26.6 Å². The molecule has 1 N–H and O–H groups in total. The third-order valence-corrected chi connectivity index (χ3v) is 2.92. The van der Waals surface area contributed by atoms with Gasteiger partial charge in [-0.1, -0.05) is 18.2 Å². The maximum absolute atomic E-state index is 11.4. The average molecular weight is 287 g/mol. The van der Waals surface area contributed by atoms with E-state index in [1.54, 1.807) is 13.3 Å². The van der Waals surface area contributed by atoms with Gasteiger partial charge in [-0.15, -0.1) is 0 Å². The zero-order valence-electron chi connectivity index (χ0n) is 12.0. The van der Waals surface area contributed by atoms with E-state index in [4.69, 9.17) is 4.74 Å². The monoisotopic (exact) mass is 287 g/mol. The second-order valence-corrected chi connectivity index (χ2v) is 4.27. The number of ether oxygens (including phenoxy) is 2. The molecule has 0 saturated carbocycles. The van der Waals surface area contributed by atoms with Crippen molar-refractivity contribution in [2.75, 3.05) is 26.1 Å². The maximum atomic E-state index is 11.4. The standard InChI is InChI=1S/C15H17N3O3/c1-20-13-6-4-3-5-11(13)7-8-17-14-10-16-9-12(18-14)15(19)21-2/h3-6,9-10H,7-8H2,1-2H3,(H,17,18). The van der Waals surface area contributed by atoms with Crippen LogP contribution in [-0.4, -0.2) is 36.7 Å². The third-order valence-electron chi connectivity index (χ3n) is 2.92. The fourth-order valence-electron chi connectivity index (χ4n) is 1.89. The number of nitrogens with zero attached hydrogens (tertiary/aromatic N) is 2. The van der Waals surface area contributed by atoms with E-state index in [9.17, 15) is 4.79 Å². The molecule has 0 spiro atoms. The van der Waals surface area contributed by atoms with Gasteiger partial charge in [-0.2, -0.15) is 0 Å². The van der Waals surface area contributed by atoms with E-state index in [-0.39, 0.29) is 5.69 Å². The predicted molar refractivity (Wildman–Crippen MR) is 78.6 cm³/mol. The quantitative estimate of drug-likeness (QED) is 0.818. The molecule has 1 heterocycles. The van der Waals surface area contributed by atoms with E-state index in [1.165, 1.54) is 13.3 Å². The molecular weight excluding hydrogens is 270 g/mol. The second-order valence-electron chi connectivity index (χ2n) is 4.27. The van der Waals surface area contributed by atoms with Gasteiger partial charge in [-0.05, 0) is 18.1 Å².